The van der Waals surface area contributed by atoms with Crippen molar-refractivity contribution >= 4 is 28.8 Å². The Morgan fingerprint density at radius 3 is 2.50 bits per heavy atom. The molecular formula is C15H17F2NS2. The first-order valence-electron chi connectivity index (χ1n) is 6.34. The Morgan fingerprint density at radius 1 is 1.20 bits per heavy atom. The summed E-state index contributed by atoms with van der Waals surface area (Å²) < 4.78 is 25.1. The molecule has 1 heterocycles. The number of aryl methyl sites for hydroxylation is 2. The topological polar surface area (TPSA) is 12.0 Å². The summed E-state index contributed by atoms with van der Waals surface area (Å²) in [6, 6.07) is 9.45. The van der Waals surface area contributed by atoms with E-state index in [4.69, 9.17) is 0 Å². The summed E-state index contributed by atoms with van der Waals surface area (Å²) in [5.74, 6) is -2.40. The van der Waals surface area contributed by atoms with Crippen LogP contribution in [0.4, 0.5) is 14.5 Å². The minimum Gasteiger partial charge on any atom is -0.378 e. The van der Waals surface area contributed by atoms with Crippen LogP contribution in [-0.4, -0.2) is 5.76 Å². The molecule has 108 valence electrons. The highest BCUT2D eigenvalue weighted by molar-refractivity contribution is 7.99. The third-order valence-electron chi connectivity index (χ3n) is 3.02. The summed E-state index contributed by atoms with van der Waals surface area (Å²) in [5.41, 5.74) is 1.98. The molecule has 0 aliphatic carbocycles. The lowest BCUT2D eigenvalue weighted by Crippen LogP contribution is -2.07. The van der Waals surface area contributed by atoms with Gasteiger partial charge in [0.05, 0.1) is 0 Å². The molecular weight excluding hydrogens is 296 g/mol. The van der Waals surface area contributed by atoms with E-state index in [1.807, 2.05) is 12.1 Å². The monoisotopic (exact) mass is 313 g/mol. The lowest BCUT2D eigenvalue weighted by atomic mass is 10.1. The molecule has 0 bridgehead atoms. The molecule has 1 N–H and O–H groups in total. The summed E-state index contributed by atoms with van der Waals surface area (Å²) >= 11 is 2.34. The van der Waals surface area contributed by atoms with Crippen molar-refractivity contribution in [2.45, 2.75) is 37.5 Å². The number of nitrogens with one attached hydrogen (secondary N) is 1. The van der Waals surface area contributed by atoms with Crippen LogP contribution in [0.5, 0.6) is 0 Å². The van der Waals surface area contributed by atoms with Gasteiger partial charge in [0.25, 0.3) is 5.76 Å². The first kappa shape index (κ1) is 15.3. The predicted octanol–water partition coefficient (Wildman–Crippen LogP) is 5.85. The largest absolute Gasteiger partial charge is 0.378 e. The quantitative estimate of drug-likeness (QED) is 0.695. The average Bonchev–Trinajstić information content (AvgIpc) is 2.70. The Morgan fingerprint density at radius 2 is 1.90 bits per heavy atom. The van der Waals surface area contributed by atoms with Crippen molar-refractivity contribution in [3.63, 3.8) is 0 Å². The summed E-state index contributed by atoms with van der Waals surface area (Å²) in [6.45, 7) is 6.22. The van der Waals surface area contributed by atoms with Gasteiger partial charge in [0, 0.05) is 26.4 Å². The number of alkyl halides is 2. The molecule has 5 heteroatoms. The average molecular weight is 313 g/mol. The van der Waals surface area contributed by atoms with Gasteiger partial charge in [0.15, 0.2) is 0 Å². The highest BCUT2D eigenvalue weighted by Crippen LogP contribution is 2.35. The van der Waals surface area contributed by atoms with Crippen LogP contribution >= 0.6 is 23.1 Å². The second-order valence-electron chi connectivity index (χ2n) is 4.61. The SMILES string of the molecule is Cc1cc(C(C)Nc2ccccc2SC(F)F)c(C)s1. The number of thioether (sulfide) groups is 1. The number of rotatable bonds is 5. The minimum absolute atomic E-state index is 0.0966. The molecule has 1 atom stereocenters. The van der Waals surface area contributed by atoms with E-state index in [9.17, 15) is 8.78 Å². The second kappa shape index (κ2) is 6.59. The van der Waals surface area contributed by atoms with Gasteiger partial charge in [0.1, 0.15) is 0 Å². The third kappa shape index (κ3) is 3.73. The van der Waals surface area contributed by atoms with E-state index >= 15 is 0 Å². The maximum absolute atomic E-state index is 12.6. The van der Waals surface area contributed by atoms with Gasteiger partial charge < -0.3 is 5.32 Å². The van der Waals surface area contributed by atoms with Gasteiger partial charge in [-0.15, -0.1) is 11.3 Å². The molecule has 0 saturated heterocycles. The van der Waals surface area contributed by atoms with Crippen LogP contribution in [-0.2, 0) is 0 Å². The van der Waals surface area contributed by atoms with Gasteiger partial charge in [-0.1, -0.05) is 23.9 Å². The fourth-order valence-corrected chi connectivity index (χ4v) is 3.80. The molecule has 2 aromatic rings. The van der Waals surface area contributed by atoms with Crippen LogP contribution in [0.25, 0.3) is 0 Å². The molecule has 0 aliphatic heterocycles. The highest BCUT2D eigenvalue weighted by Gasteiger charge is 2.14. The molecule has 1 aromatic heterocycles. The number of para-hydroxylation sites is 1. The van der Waals surface area contributed by atoms with E-state index < -0.39 is 5.76 Å². The zero-order valence-corrected chi connectivity index (χ0v) is 13.2. The summed E-state index contributed by atoms with van der Waals surface area (Å²) in [5, 5.41) is 3.34. The van der Waals surface area contributed by atoms with Crippen LogP contribution < -0.4 is 5.32 Å². The molecule has 0 amide bonds. The fourth-order valence-electron chi connectivity index (χ4n) is 2.18. The van der Waals surface area contributed by atoms with Crippen molar-refractivity contribution in [1.29, 1.82) is 0 Å². The summed E-state index contributed by atoms with van der Waals surface area (Å²) in [6.07, 6.45) is 0. The molecule has 2 rings (SSSR count). The second-order valence-corrected chi connectivity index (χ2v) is 7.10. The lowest BCUT2D eigenvalue weighted by Gasteiger charge is -2.18. The molecule has 0 spiro atoms. The van der Waals surface area contributed by atoms with Gasteiger partial charge in [0.2, 0.25) is 0 Å². The van der Waals surface area contributed by atoms with Crippen LogP contribution in [0.1, 0.15) is 28.3 Å². The standard InChI is InChI=1S/C15H17F2NS2/c1-9-8-12(11(3)19-9)10(2)18-13-6-4-5-7-14(13)20-15(16)17/h4-8,10,15,18H,1-3H3. The number of benzene rings is 1. The van der Waals surface area contributed by atoms with Gasteiger partial charge in [-0.2, -0.15) is 8.78 Å². The Balaban J connectivity index is 2.19. The molecule has 1 nitrogen and oxygen atoms in total. The van der Waals surface area contributed by atoms with Gasteiger partial charge in [-0.25, -0.2) is 0 Å². The Labute approximate surface area is 126 Å². The Bertz CT molecular complexity index is 581. The van der Waals surface area contributed by atoms with Gasteiger partial charge >= 0.3 is 0 Å². The first-order valence-corrected chi connectivity index (χ1v) is 8.04. The maximum atomic E-state index is 12.6. The van der Waals surface area contributed by atoms with Gasteiger partial charge in [-0.3, -0.25) is 0 Å². The number of halogens is 2. The fraction of sp³-hybridized carbons (Fsp3) is 0.333. The number of thiophene rings is 1. The van der Waals surface area contributed by atoms with E-state index in [0.717, 1.165) is 5.69 Å². The molecule has 0 fully saturated rings. The van der Waals surface area contributed by atoms with Crippen LogP contribution in [0.3, 0.4) is 0 Å². The highest BCUT2D eigenvalue weighted by atomic mass is 32.2. The van der Waals surface area contributed by atoms with Gasteiger partial charge in [-0.05, 0) is 44.5 Å². The van der Waals surface area contributed by atoms with Crippen molar-refractivity contribution in [3.05, 3.63) is 45.6 Å². The normalized spacial score (nSPS) is 12.7. The Kier molecular flexibility index (Phi) is 5.05. The first-order chi connectivity index (χ1) is 9.47. The summed E-state index contributed by atoms with van der Waals surface area (Å²) in [7, 11) is 0. The predicted molar refractivity (Wildman–Crippen MR) is 84.1 cm³/mol. The molecule has 0 aliphatic rings. The van der Waals surface area contributed by atoms with Crippen LogP contribution in [0.2, 0.25) is 0 Å². The maximum Gasteiger partial charge on any atom is 0.288 e. The van der Waals surface area contributed by atoms with Crippen LogP contribution in [0, 0.1) is 13.8 Å². The lowest BCUT2D eigenvalue weighted by molar-refractivity contribution is 0.252. The smallest absolute Gasteiger partial charge is 0.288 e. The van der Waals surface area contributed by atoms with E-state index in [1.54, 1.807) is 23.5 Å². The molecule has 1 unspecified atom stereocenters. The van der Waals surface area contributed by atoms with Crippen LogP contribution in [0.15, 0.2) is 35.2 Å². The van der Waals surface area contributed by atoms with E-state index in [0.29, 0.717) is 16.7 Å². The zero-order chi connectivity index (χ0) is 14.7. The van der Waals surface area contributed by atoms with E-state index in [1.165, 1.54) is 15.3 Å². The molecule has 1 aromatic carbocycles. The van der Waals surface area contributed by atoms with Crippen molar-refractivity contribution in [2.75, 3.05) is 5.32 Å². The molecule has 0 radical (unpaired) electrons. The van der Waals surface area contributed by atoms with Crippen molar-refractivity contribution in [1.82, 2.24) is 0 Å². The third-order valence-corrected chi connectivity index (χ3v) is 4.79. The minimum atomic E-state index is -2.40. The number of hydrogen-bond acceptors (Lipinski definition) is 3. The van der Waals surface area contributed by atoms with Crippen molar-refractivity contribution in [3.8, 4) is 0 Å². The van der Waals surface area contributed by atoms with E-state index in [2.05, 4.69) is 32.2 Å². The molecule has 20 heavy (non-hydrogen) atoms. The van der Waals surface area contributed by atoms with E-state index in [-0.39, 0.29) is 6.04 Å². The van der Waals surface area contributed by atoms with Crippen molar-refractivity contribution < 1.29 is 8.78 Å². The Hall–Kier alpha value is -1.07. The number of anilines is 1. The van der Waals surface area contributed by atoms with Crippen molar-refractivity contribution in [2.24, 2.45) is 0 Å². The number of hydrogen-bond donors (Lipinski definition) is 1. The molecule has 0 saturated carbocycles. The zero-order valence-electron chi connectivity index (χ0n) is 11.6. The summed E-state index contributed by atoms with van der Waals surface area (Å²) in [4.78, 5) is 3.11.